The van der Waals surface area contributed by atoms with Crippen molar-refractivity contribution in [2.75, 3.05) is 0 Å². The fourth-order valence-electron chi connectivity index (χ4n) is 0.241. The van der Waals surface area contributed by atoms with Crippen LogP contribution in [0.3, 0.4) is 0 Å². The van der Waals surface area contributed by atoms with Crippen molar-refractivity contribution in [3.05, 3.63) is 23.6 Å². The summed E-state index contributed by atoms with van der Waals surface area (Å²) in [6, 6.07) is 0.270. The molecule has 0 aliphatic heterocycles. The Balaban J connectivity index is 0. The summed E-state index contributed by atoms with van der Waals surface area (Å²) in [5.74, 6) is 0.368. The molecule has 0 aliphatic carbocycles. The number of thiol groups is 1. The second-order valence-corrected chi connectivity index (χ2v) is 1.95. The van der Waals surface area contributed by atoms with Crippen LogP contribution in [0.25, 0.3) is 0 Å². The molecule has 0 nitrogen and oxygen atoms in total. The quantitative estimate of drug-likeness (QED) is 0.433. The molecule has 48 valence electrons. The van der Waals surface area contributed by atoms with Gasteiger partial charge < -0.3 is 23.6 Å². The minimum absolute atomic E-state index is 0. The molecule has 0 fully saturated rings. The average molecular weight is 366 g/mol. The Morgan fingerprint density at radius 1 is 1.67 bits per heavy atom. The van der Waals surface area contributed by atoms with Gasteiger partial charge in [0.15, 0.2) is 0 Å². The van der Waals surface area contributed by atoms with Crippen molar-refractivity contribution in [1.82, 2.24) is 0 Å². The van der Waals surface area contributed by atoms with Crippen LogP contribution in [0.2, 0.25) is 0 Å². The fourth-order valence-corrected chi connectivity index (χ4v) is 0.305. The van der Waals surface area contributed by atoms with Crippen LogP contribution in [0, 0.1) is 48.5 Å². The van der Waals surface area contributed by atoms with Gasteiger partial charge in [0.2, 0.25) is 0 Å². The maximum atomic E-state index is 7.03. The third kappa shape index (κ3) is 12.2. The Kier molecular flexibility index (Phi) is 9.75. The van der Waals surface area contributed by atoms with Gasteiger partial charge in [-0.15, -0.1) is 7.29 Å². The van der Waals surface area contributed by atoms with Gasteiger partial charge in [-0.25, -0.2) is 0 Å². The van der Waals surface area contributed by atoms with Crippen molar-refractivity contribution in [1.29, 1.82) is 0 Å². The number of hydrogen-bond acceptors (Lipinski definition) is 1. The third-order valence-electron chi connectivity index (χ3n) is 0.553. The minimum Gasteiger partial charge on any atom is -0.390 e. The Morgan fingerprint density at radius 2 is 2.22 bits per heavy atom. The molecule has 0 bridgehead atoms. The third-order valence-corrected chi connectivity index (χ3v) is 0.682. The summed E-state index contributed by atoms with van der Waals surface area (Å²) in [6.45, 7) is 4.00. The molecule has 0 atom stereocenters. The topological polar surface area (TPSA) is 0 Å². The number of allylic oxidation sites excluding steroid dienone is 3. The summed E-state index contributed by atoms with van der Waals surface area (Å²) in [4.78, 5) is 0. The zero-order chi connectivity index (χ0) is 7.28. The van der Waals surface area contributed by atoms with E-state index < -0.39 is 0 Å². The van der Waals surface area contributed by atoms with Crippen molar-refractivity contribution >= 4 is 12.6 Å². The van der Waals surface area contributed by atoms with Gasteiger partial charge in [-0.3, -0.25) is 12.6 Å². The molecule has 9 heavy (non-hydrogen) atoms. The first-order valence-electron chi connectivity index (χ1n) is 2.99. The van der Waals surface area contributed by atoms with E-state index in [1.807, 2.05) is 13.8 Å². The molecule has 0 saturated heterocycles. The van der Waals surface area contributed by atoms with Crippen molar-refractivity contribution in [2.45, 2.75) is 13.8 Å². The normalized spacial score (nSPS) is 13.8. The molecule has 0 N–H and O–H groups in total. The summed E-state index contributed by atoms with van der Waals surface area (Å²) < 4.78 is 7.03. The Labute approximate surface area is 88.0 Å². The van der Waals surface area contributed by atoms with Gasteiger partial charge in [0.1, 0.15) is 0 Å². The summed E-state index contributed by atoms with van der Waals surface area (Å²) in [5.41, 5.74) is 0. The second-order valence-electron chi connectivity index (χ2n) is 1.72. The Bertz CT molecular complexity index is 130. The van der Waals surface area contributed by atoms with Gasteiger partial charge in [0.05, 0.1) is 0 Å². The van der Waals surface area contributed by atoms with Gasteiger partial charge in [-0.05, 0) is 0 Å². The van der Waals surface area contributed by atoms with E-state index in [-0.39, 0.29) is 37.2 Å². The van der Waals surface area contributed by atoms with E-state index in [4.69, 9.17) is 1.37 Å². The Hall–Kier alpha value is 0.882. The molecule has 0 saturated carbocycles. The zero-order valence-corrected chi connectivity index (χ0v) is 10.7. The fraction of sp³-hybridized carbons (Fsp3) is 0.429. The molecule has 0 amide bonds. The maximum Gasteiger partial charge on any atom is 2.00 e. The smallest absolute Gasteiger partial charge is 0.390 e. The van der Waals surface area contributed by atoms with Crippen LogP contribution in [-0.2, 0) is 0 Å². The molecular weight excluding hydrogens is 354 g/mol. The van der Waals surface area contributed by atoms with Crippen LogP contribution in [0.5, 0.6) is 0 Å². The monoisotopic (exact) mass is 366 g/mol. The molecule has 2 heteroatoms. The van der Waals surface area contributed by atoms with Crippen molar-refractivity contribution in [3.8, 4) is 0 Å². The molecule has 0 rings (SSSR count). The second kappa shape index (κ2) is 8.88. The van der Waals surface area contributed by atoms with Crippen molar-refractivity contribution in [3.63, 3.8) is 0 Å². The number of rotatable bonds is 2. The van der Waals surface area contributed by atoms with Crippen LogP contribution in [0.4, 0.5) is 0 Å². The zero-order valence-electron chi connectivity index (χ0n) is 6.60. The van der Waals surface area contributed by atoms with Crippen LogP contribution >= 0.6 is 12.6 Å². The molecular formula is C7H10SU. The summed E-state index contributed by atoms with van der Waals surface area (Å²) in [7, 11) is 0. The van der Waals surface area contributed by atoms with Crippen LogP contribution < -0.4 is 0 Å². The van der Waals surface area contributed by atoms with Crippen LogP contribution in [-0.4, -0.2) is 0 Å². The van der Waals surface area contributed by atoms with Gasteiger partial charge in [0, 0.05) is 0 Å². The van der Waals surface area contributed by atoms with E-state index in [0.29, 0.717) is 5.92 Å². The van der Waals surface area contributed by atoms with Crippen LogP contribution in [0.15, 0.2) is 12.1 Å². The van der Waals surface area contributed by atoms with Gasteiger partial charge >= 0.3 is 31.1 Å². The number of hydrogen-bond donors (Lipinski definition) is 1. The molecule has 0 unspecified atom stereocenters. The first kappa shape index (κ1) is 9.88. The summed E-state index contributed by atoms with van der Waals surface area (Å²) in [5, 5.41) is 2.38. The van der Waals surface area contributed by atoms with Gasteiger partial charge in [-0.1, -0.05) is 13.8 Å². The van der Waals surface area contributed by atoms with E-state index in [1.165, 1.54) is 0 Å². The van der Waals surface area contributed by atoms with E-state index >= 15 is 0 Å². The molecule has 0 heterocycles. The van der Waals surface area contributed by atoms with Gasteiger partial charge in [0.25, 0.3) is 0 Å². The molecule has 0 radical (unpaired) electrons. The van der Waals surface area contributed by atoms with E-state index in [2.05, 4.69) is 24.1 Å². The van der Waals surface area contributed by atoms with Crippen molar-refractivity contribution < 1.29 is 32.5 Å². The minimum atomic E-state index is 0. The molecule has 0 spiro atoms. The van der Waals surface area contributed by atoms with E-state index in [0.717, 1.165) is 0 Å². The predicted octanol–water partition coefficient (Wildman–Crippen LogP) is 2.25. The SMILES string of the molecule is [3H]C(=[C-]S)C=[C-]C(C)C.[U+2]. The molecule has 0 aliphatic rings. The van der Waals surface area contributed by atoms with Gasteiger partial charge in [-0.2, -0.15) is 0 Å². The first-order chi connectivity index (χ1) is 4.16. The first-order valence-corrected chi connectivity index (χ1v) is 2.94. The van der Waals surface area contributed by atoms with Crippen molar-refractivity contribution in [2.24, 2.45) is 5.92 Å². The molecule has 0 aromatic rings. The Morgan fingerprint density at radius 3 is 2.56 bits per heavy atom. The summed E-state index contributed by atoms with van der Waals surface area (Å²) >= 11 is 3.67. The van der Waals surface area contributed by atoms with E-state index in [9.17, 15) is 0 Å². The average Bonchev–Trinajstić information content (AvgIpc) is 1.83. The summed E-state index contributed by atoms with van der Waals surface area (Å²) in [6.07, 6.45) is 4.50. The van der Waals surface area contributed by atoms with Crippen LogP contribution in [0.1, 0.15) is 15.2 Å². The predicted molar refractivity (Wildman–Crippen MR) is 39.5 cm³/mol. The van der Waals surface area contributed by atoms with E-state index in [1.54, 1.807) is 6.08 Å². The standard InChI is InChI=1S/C7H10S.U/c1-7(2)5-3-4-6-8;/h3-4,7-8H,1-2H3;/q-2;+2/i4T;. The maximum absolute atomic E-state index is 7.03. The largest absolute Gasteiger partial charge is 2.00 e. The molecule has 0 aromatic heterocycles. The molecule has 0 aromatic carbocycles.